The number of fused-ring (bicyclic) bond motifs is 8. The maximum absolute atomic E-state index is 12.6. The van der Waals surface area contributed by atoms with Gasteiger partial charge in [0.25, 0.3) is 0 Å². The second-order valence-corrected chi connectivity index (χ2v) is 17.1. The molecule has 20 nitrogen and oxygen atoms in total. The maximum Gasteiger partial charge on any atom is 4.00 e. The number of rotatable bonds is 20. The van der Waals surface area contributed by atoms with Crippen LogP contribution in [0.2, 0.25) is 0 Å². The molecule has 3 unspecified atom stereocenters. The molecule has 0 aromatic rings. The molecule has 8 bridgehead atoms. The summed E-state index contributed by atoms with van der Waals surface area (Å²) in [5, 5.41) is 99.4. The SMILES string of the molecule is C[C@]1(CC(=O)O)C(CCC(=O)O)=C2/C=C3/[N-]C(/C=C4/[N-]/C(=C\C5[N-]C(/C=C/1[N-]2)[C@@H](CCC(=O)O)[C@]5(C)CC(=O)O)[C@@H](CC(=O)O)[C@H]4CCC(=O)O)[C@H](CCC(=O)O)[C@@H]3CC(=O)O.[Fe+4]. The molecule has 5 aliphatic rings. The molecule has 0 aromatic carbocycles. The van der Waals surface area contributed by atoms with Crippen molar-refractivity contribution in [3.63, 3.8) is 0 Å². The van der Waals surface area contributed by atoms with E-state index in [0.717, 1.165) is 0 Å². The van der Waals surface area contributed by atoms with Crippen LogP contribution in [0.3, 0.4) is 0 Å². The molecule has 0 aromatic heterocycles. The number of carboxylic acids is 8. The van der Waals surface area contributed by atoms with E-state index in [9.17, 15) is 79.2 Å². The summed E-state index contributed by atoms with van der Waals surface area (Å²) in [5.41, 5.74) is -2.02. The molecule has 3 fully saturated rings. The van der Waals surface area contributed by atoms with E-state index in [0.29, 0.717) is 0 Å². The van der Waals surface area contributed by atoms with Crippen molar-refractivity contribution in [2.24, 2.45) is 40.4 Å². The van der Waals surface area contributed by atoms with E-state index >= 15 is 0 Å². The fourth-order valence-electron chi connectivity index (χ4n) is 10.0. The molecule has 5 rings (SSSR count). The van der Waals surface area contributed by atoms with Crippen LogP contribution in [0.1, 0.15) is 90.9 Å². The van der Waals surface area contributed by atoms with E-state index in [2.05, 4.69) is 0 Å². The predicted molar refractivity (Wildman–Crippen MR) is 214 cm³/mol. The van der Waals surface area contributed by atoms with Crippen molar-refractivity contribution in [1.82, 2.24) is 0 Å². The number of hydrogen-bond donors (Lipinski definition) is 8. The molecule has 10 atom stereocenters. The zero-order valence-electron chi connectivity index (χ0n) is 34.4. The minimum Gasteiger partial charge on any atom is -0.682 e. The fourth-order valence-corrected chi connectivity index (χ4v) is 10.0. The van der Waals surface area contributed by atoms with Crippen molar-refractivity contribution in [3.8, 4) is 0 Å². The van der Waals surface area contributed by atoms with Crippen LogP contribution in [0.25, 0.3) is 21.3 Å². The molecule has 21 heteroatoms. The molecule has 63 heavy (non-hydrogen) atoms. The van der Waals surface area contributed by atoms with Crippen LogP contribution in [-0.4, -0.2) is 107 Å². The Hall–Kier alpha value is -5.66. The third-order valence-electron chi connectivity index (χ3n) is 12.9. The van der Waals surface area contributed by atoms with E-state index in [1.165, 1.54) is 18.2 Å². The molecule has 5 heterocycles. The second-order valence-electron chi connectivity index (χ2n) is 17.1. The van der Waals surface area contributed by atoms with Gasteiger partial charge in [-0.25, -0.2) is 0 Å². The Morgan fingerprint density at radius 2 is 1.13 bits per heavy atom. The summed E-state index contributed by atoms with van der Waals surface area (Å²) in [6, 6.07) is -3.12. The van der Waals surface area contributed by atoms with E-state index in [1.54, 1.807) is 19.9 Å². The second kappa shape index (κ2) is 20.2. The van der Waals surface area contributed by atoms with Crippen LogP contribution >= 0.6 is 0 Å². The number of nitrogens with zero attached hydrogens (tertiary/aromatic N) is 4. The van der Waals surface area contributed by atoms with Gasteiger partial charge in [0.1, 0.15) is 0 Å². The molecule has 5 aliphatic heterocycles. The smallest absolute Gasteiger partial charge is 0.682 e. The predicted octanol–water partition coefficient (Wildman–Crippen LogP) is 5.89. The molecule has 3 saturated heterocycles. The van der Waals surface area contributed by atoms with Crippen molar-refractivity contribution in [1.29, 1.82) is 0 Å². The summed E-state index contributed by atoms with van der Waals surface area (Å²) < 4.78 is 0. The molecular formula is C42H50FeN4O16. The van der Waals surface area contributed by atoms with Crippen molar-refractivity contribution >= 4 is 47.8 Å². The monoisotopic (exact) mass is 922 g/mol. The summed E-state index contributed by atoms with van der Waals surface area (Å²) in [5.74, 6) is -14.4. The van der Waals surface area contributed by atoms with Gasteiger partial charge in [0.15, 0.2) is 0 Å². The standard InChI is InChI=1S/C42H50N4O16.Fe/c1-41(17-39(59)60)23(5-9-35(51)52)29-14-27-21(11-37(55)56)19(3-7-33(47)48)25(43-27)13-26-20(4-8-34(49)50)22(12-38(57)58)28(44-26)15-31-42(2,18-40(61)62)24(6-10-36(53)54)30(46-31)16-32(41)45-29;/h13-16,19-22,24-25,30-31H,3-12,17-18H2,1-2H3,(H,47,48)(H,49,50)(H,51,52)(H,53,54)(H,55,56)(H,57,58)(H,59,60)(H,61,62);/q-4;+4/b26-13+,27-14+,28-15-,32-16-;/t19-,20-,21+,22+,24-,25?,30?,31?,41+,42+;/m1./s1. The summed E-state index contributed by atoms with van der Waals surface area (Å²) in [7, 11) is 0. The number of hydrogen-bond acceptors (Lipinski definition) is 8. The first-order valence-corrected chi connectivity index (χ1v) is 20.2. The Kier molecular flexibility index (Phi) is 16.1. The number of aliphatic carboxylic acids is 8. The van der Waals surface area contributed by atoms with Crippen LogP contribution in [0.4, 0.5) is 0 Å². The van der Waals surface area contributed by atoms with Crippen LogP contribution in [0.15, 0.2) is 58.4 Å². The summed E-state index contributed by atoms with van der Waals surface area (Å²) in [6.07, 6.45) is 1.49. The molecule has 0 radical (unpaired) electrons. The van der Waals surface area contributed by atoms with Gasteiger partial charge in [-0.3, -0.25) is 38.4 Å². The third-order valence-corrected chi connectivity index (χ3v) is 12.9. The molecule has 342 valence electrons. The molecule has 0 saturated carbocycles. The molecule has 0 spiro atoms. The number of carbonyl (C=O) groups is 8. The average molecular weight is 923 g/mol. The molecular weight excluding hydrogens is 872 g/mol. The van der Waals surface area contributed by atoms with Gasteiger partial charge in [-0.15, -0.1) is 36.0 Å². The van der Waals surface area contributed by atoms with Gasteiger partial charge < -0.3 is 62.1 Å². The minimum atomic E-state index is -1.53. The first-order valence-electron chi connectivity index (χ1n) is 20.2. The molecule has 8 N–H and O–H groups in total. The minimum absolute atomic E-state index is 0. The zero-order valence-corrected chi connectivity index (χ0v) is 35.5. The fraction of sp³-hybridized carbons (Fsp3) is 0.571. The Bertz CT molecular complexity index is 2060. The van der Waals surface area contributed by atoms with E-state index in [-0.39, 0.29) is 76.8 Å². The van der Waals surface area contributed by atoms with Crippen LogP contribution in [0, 0.1) is 40.4 Å². The van der Waals surface area contributed by atoms with Crippen LogP contribution in [-0.2, 0) is 55.4 Å². The third kappa shape index (κ3) is 11.5. The van der Waals surface area contributed by atoms with Crippen molar-refractivity contribution in [2.75, 3.05) is 0 Å². The van der Waals surface area contributed by atoms with Crippen LogP contribution in [0.5, 0.6) is 0 Å². The normalized spacial score (nSPS) is 33.9. The van der Waals surface area contributed by atoms with Gasteiger partial charge in [0, 0.05) is 37.5 Å². The van der Waals surface area contributed by atoms with Gasteiger partial charge in [0.05, 0.1) is 19.3 Å². The first kappa shape index (κ1) is 50.0. The Labute approximate surface area is 372 Å². The van der Waals surface area contributed by atoms with Gasteiger partial charge in [0.2, 0.25) is 0 Å². The Balaban J connectivity index is 0.00000871. The van der Waals surface area contributed by atoms with Crippen LogP contribution < -0.4 is 0 Å². The topological polar surface area (TPSA) is 355 Å². The maximum atomic E-state index is 12.6. The summed E-state index contributed by atoms with van der Waals surface area (Å²) >= 11 is 0. The Morgan fingerprint density at radius 1 is 0.571 bits per heavy atom. The summed E-state index contributed by atoms with van der Waals surface area (Å²) in [6.45, 7) is 3.15. The largest absolute Gasteiger partial charge is 4.00 e. The zero-order chi connectivity index (χ0) is 45.8. The van der Waals surface area contributed by atoms with E-state index in [4.69, 9.17) is 21.3 Å². The molecule has 0 amide bonds. The molecule has 0 aliphatic carbocycles. The average Bonchev–Trinajstić information content (AvgIpc) is 3.77. The summed E-state index contributed by atoms with van der Waals surface area (Å²) in [4.78, 5) is 98.0. The van der Waals surface area contributed by atoms with Gasteiger partial charge in [-0.2, -0.15) is 22.8 Å². The van der Waals surface area contributed by atoms with Crippen molar-refractivity contribution < 1.29 is 96.3 Å². The van der Waals surface area contributed by atoms with Gasteiger partial charge >= 0.3 is 64.8 Å². The van der Waals surface area contributed by atoms with Gasteiger partial charge in [-0.05, 0) is 60.7 Å². The first-order chi connectivity index (χ1) is 29.0. The van der Waals surface area contributed by atoms with E-state index in [1.807, 2.05) is 0 Å². The number of carboxylic acid groups (broad SMARTS) is 8. The van der Waals surface area contributed by atoms with E-state index < -0.39 is 158 Å². The van der Waals surface area contributed by atoms with Crippen molar-refractivity contribution in [3.05, 3.63) is 79.6 Å². The Morgan fingerprint density at radius 3 is 1.70 bits per heavy atom. The van der Waals surface area contributed by atoms with Gasteiger partial charge in [-0.1, -0.05) is 31.5 Å². The number of allylic oxidation sites excluding steroid dienone is 5. The quantitative estimate of drug-likeness (QED) is 0.0659. The van der Waals surface area contributed by atoms with Crippen molar-refractivity contribution in [2.45, 2.75) is 109 Å².